The van der Waals surface area contributed by atoms with Crippen molar-refractivity contribution in [2.75, 3.05) is 19.8 Å². The van der Waals surface area contributed by atoms with E-state index >= 15 is 0 Å². The molecule has 0 aliphatic heterocycles. The number of carbonyl (C=O) groups excluding carboxylic acids is 2. The van der Waals surface area contributed by atoms with Crippen LogP contribution in [-0.4, -0.2) is 54.1 Å². The highest BCUT2D eigenvalue weighted by molar-refractivity contribution is 7.47. The van der Waals surface area contributed by atoms with Crippen LogP contribution in [0.3, 0.4) is 0 Å². The summed E-state index contributed by atoms with van der Waals surface area (Å²) in [5, 5.41) is 10.5. The molecular formula is C35H70NO9P. The molecule has 0 heterocycles. The van der Waals surface area contributed by atoms with Crippen molar-refractivity contribution in [1.82, 2.24) is 0 Å². The maximum Gasteiger partial charge on any atom is 0.472 e. The summed E-state index contributed by atoms with van der Waals surface area (Å²) in [7, 11) is -4.50. The molecule has 0 amide bonds. The molecule has 0 fully saturated rings. The summed E-state index contributed by atoms with van der Waals surface area (Å²) >= 11 is 0. The lowest BCUT2D eigenvalue weighted by atomic mass is 10.0. The third kappa shape index (κ3) is 30.3. The zero-order chi connectivity index (χ0) is 34.1. The number of esters is 2. The lowest BCUT2D eigenvalue weighted by Gasteiger charge is -2.24. The van der Waals surface area contributed by atoms with Crippen molar-refractivity contribution in [1.29, 1.82) is 0 Å². The monoisotopic (exact) mass is 679 g/mol. The minimum absolute atomic E-state index is 0.00470. The summed E-state index contributed by atoms with van der Waals surface area (Å²) < 4.78 is 32.1. The van der Waals surface area contributed by atoms with Crippen LogP contribution in [0.1, 0.15) is 181 Å². The summed E-state index contributed by atoms with van der Waals surface area (Å²) in [6.45, 7) is 3.56. The Morgan fingerprint density at radius 2 is 0.935 bits per heavy atom. The highest BCUT2D eigenvalue weighted by atomic mass is 31.2. The Kier molecular flexibility index (Phi) is 31.8. The largest absolute Gasteiger partial charge is 0.472 e. The van der Waals surface area contributed by atoms with Gasteiger partial charge in [-0.2, -0.15) is 0 Å². The SMILES string of the molecule is CCCCCCCCCCCCCCC(=O)O[C@@H](COP(=O)(O)OCCN)[C@@H](O)OC(=O)CCCCCCCCCCCCCC. The van der Waals surface area contributed by atoms with Crippen LogP contribution < -0.4 is 5.73 Å². The highest BCUT2D eigenvalue weighted by Crippen LogP contribution is 2.43. The van der Waals surface area contributed by atoms with Crippen LogP contribution in [0.4, 0.5) is 0 Å². The summed E-state index contributed by atoms with van der Waals surface area (Å²) in [5.74, 6) is -1.24. The molecule has 1 unspecified atom stereocenters. The van der Waals surface area contributed by atoms with Gasteiger partial charge in [0, 0.05) is 19.4 Å². The maximum atomic E-state index is 12.5. The highest BCUT2D eigenvalue weighted by Gasteiger charge is 2.31. The van der Waals surface area contributed by atoms with Gasteiger partial charge in [0.05, 0.1) is 6.61 Å². The van der Waals surface area contributed by atoms with Gasteiger partial charge < -0.3 is 25.2 Å². The summed E-state index contributed by atoms with van der Waals surface area (Å²) in [4.78, 5) is 34.7. The van der Waals surface area contributed by atoms with Crippen LogP contribution in [0.2, 0.25) is 0 Å². The molecule has 0 saturated carbocycles. The van der Waals surface area contributed by atoms with E-state index in [1.165, 1.54) is 103 Å². The number of hydrogen-bond acceptors (Lipinski definition) is 9. The molecule has 0 saturated heterocycles. The van der Waals surface area contributed by atoms with Crippen LogP contribution in [0.5, 0.6) is 0 Å². The number of hydrogen-bond donors (Lipinski definition) is 3. The van der Waals surface area contributed by atoms with Crippen LogP contribution >= 0.6 is 7.82 Å². The first-order chi connectivity index (χ1) is 22.3. The van der Waals surface area contributed by atoms with E-state index in [1.54, 1.807) is 0 Å². The molecule has 10 nitrogen and oxygen atoms in total. The van der Waals surface area contributed by atoms with Gasteiger partial charge in [0.15, 0.2) is 6.10 Å². The third-order valence-electron chi connectivity index (χ3n) is 8.10. The molecule has 0 aromatic heterocycles. The van der Waals surface area contributed by atoms with Gasteiger partial charge in [-0.1, -0.05) is 155 Å². The molecular weight excluding hydrogens is 609 g/mol. The molecule has 274 valence electrons. The Morgan fingerprint density at radius 1 is 0.587 bits per heavy atom. The van der Waals surface area contributed by atoms with Crippen molar-refractivity contribution in [3.05, 3.63) is 0 Å². The standard InChI is InChI=1S/C35H70NO9P/c1-3-5-7-9-11-13-15-17-19-21-23-25-27-33(37)44-32(31-43-46(40,41)42-30-29-36)35(39)45-34(38)28-26-24-22-20-18-16-14-12-10-8-6-4-2/h32,35,39H,3-31,36H2,1-2H3,(H,40,41)/t32-,35-/m0/s1. The smallest absolute Gasteiger partial charge is 0.453 e. The molecule has 46 heavy (non-hydrogen) atoms. The average molecular weight is 680 g/mol. The van der Waals surface area contributed by atoms with Gasteiger partial charge in [0.2, 0.25) is 6.29 Å². The molecule has 0 bridgehead atoms. The molecule has 0 aromatic rings. The first-order valence-electron chi connectivity index (χ1n) is 18.6. The van der Waals surface area contributed by atoms with E-state index in [1.807, 2.05) is 0 Å². The van der Waals surface area contributed by atoms with E-state index in [0.717, 1.165) is 38.5 Å². The van der Waals surface area contributed by atoms with Crippen molar-refractivity contribution in [2.45, 2.75) is 193 Å². The van der Waals surface area contributed by atoms with Crippen LogP contribution in [-0.2, 0) is 32.7 Å². The van der Waals surface area contributed by atoms with Crippen molar-refractivity contribution < 1.29 is 42.7 Å². The minimum Gasteiger partial charge on any atom is -0.453 e. The second-order valence-electron chi connectivity index (χ2n) is 12.6. The second kappa shape index (κ2) is 32.5. The first-order valence-corrected chi connectivity index (χ1v) is 20.1. The molecule has 4 N–H and O–H groups in total. The van der Waals surface area contributed by atoms with E-state index in [2.05, 4.69) is 13.8 Å². The second-order valence-corrected chi connectivity index (χ2v) is 14.0. The van der Waals surface area contributed by atoms with E-state index in [9.17, 15) is 24.2 Å². The lowest BCUT2D eigenvalue weighted by Crippen LogP contribution is -2.38. The number of phosphoric ester groups is 1. The molecule has 0 rings (SSSR count). The Bertz CT molecular complexity index is 756. The van der Waals surface area contributed by atoms with Crippen molar-refractivity contribution in [2.24, 2.45) is 5.73 Å². The summed E-state index contributed by atoms with van der Waals surface area (Å²) in [6.07, 6.45) is 24.8. The fraction of sp³-hybridized carbons (Fsp3) is 0.943. The van der Waals surface area contributed by atoms with Crippen LogP contribution in [0.15, 0.2) is 0 Å². The molecule has 0 aliphatic rings. The van der Waals surface area contributed by atoms with E-state index in [4.69, 9.17) is 24.3 Å². The van der Waals surface area contributed by atoms with Crippen LogP contribution in [0, 0.1) is 0 Å². The number of aliphatic hydroxyl groups is 1. The fourth-order valence-corrected chi connectivity index (χ4v) is 6.01. The maximum absolute atomic E-state index is 12.5. The summed E-state index contributed by atoms with van der Waals surface area (Å²) in [6, 6.07) is 0. The Hall–Kier alpha value is -1.03. The van der Waals surface area contributed by atoms with E-state index in [-0.39, 0.29) is 26.0 Å². The van der Waals surface area contributed by atoms with E-state index < -0.39 is 38.8 Å². The zero-order valence-corrected chi connectivity index (χ0v) is 30.3. The average Bonchev–Trinajstić information content (AvgIpc) is 3.03. The van der Waals surface area contributed by atoms with Crippen molar-refractivity contribution >= 4 is 19.8 Å². The quantitative estimate of drug-likeness (QED) is 0.0256. The van der Waals surface area contributed by atoms with Gasteiger partial charge in [0.25, 0.3) is 0 Å². The normalized spacial score (nSPS) is 14.1. The lowest BCUT2D eigenvalue weighted by molar-refractivity contribution is -0.203. The molecule has 0 spiro atoms. The summed E-state index contributed by atoms with van der Waals surface area (Å²) in [5.41, 5.74) is 5.30. The number of carbonyl (C=O) groups is 2. The van der Waals surface area contributed by atoms with Gasteiger partial charge in [-0.15, -0.1) is 0 Å². The van der Waals surface area contributed by atoms with Gasteiger partial charge in [-0.25, -0.2) is 4.57 Å². The number of ether oxygens (including phenoxy) is 2. The fourth-order valence-electron chi connectivity index (χ4n) is 5.27. The van der Waals surface area contributed by atoms with E-state index in [0.29, 0.717) is 12.8 Å². The molecule has 11 heteroatoms. The Balaban J connectivity index is 4.37. The third-order valence-corrected chi connectivity index (χ3v) is 9.08. The number of aliphatic hydroxyl groups excluding tert-OH is 1. The number of rotatable bonds is 35. The van der Waals surface area contributed by atoms with Gasteiger partial charge in [-0.05, 0) is 12.8 Å². The van der Waals surface area contributed by atoms with Gasteiger partial charge in [0.1, 0.15) is 6.61 Å². The van der Waals surface area contributed by atoms with Crippen LogP contribution in [0.25, 0.3) is 0 Å². The number of nitrogens with two attached hydrogens (primary N) is 1. The van der Waals surface area contributed by atoms with Gasteiger partial charge >= 0.3 is 19.8 Å². The number of phosphoric acid groups is 1. The molecule has 0 aliphatic carbocycles. The zero-order valence-electron chi connectivity index (χ0n) is 29.4. The van der Waals surface area contributed by atoms with Crippen molar-refractivity contribution in [3.8, 4) is 0 Å². The Labute approximate surface area is 280 Å². The van der Waals surface area contributed by atoms with Gasteiger partial charge in [-0.3, -0.25) is 18.6 Å². The molecule has 0 radical (unpaired) electrons. The number of unbranched alkanes of at least 4 members (excludes halogenated alkanes) is 22. The first kappa shape index (κ1) is 45.0. The predicted molar refractivity (Wildman–Crippen MR) is 184 cm³/mol. The predicted octanol–water partition coefficient (Wildman–Crippen LogP) is 9.03. The van der Waals surface area contributed by atoms with Crippen molar-refractivity contribution in [3.63, 3.8) is 0 Å². The Morgan fingerprint density at radius 3 is 1.30 bits per heavy atom. The topological polar surface area (TPSA) is 155 Å². The molecule has 3 atom stereocenters. The molecule has 0 aromatic carbocycles. The minimum atomic E-state index is -4.50.